The molecule has 2 heterocycles. The maximum absolute atomic E-state index is 12.5. The molecular weight excluding hydrogens is 350 g/mol. The number of methoxy groups -OCH3 is 1. The Morgan fingerprint density at radius 1 is 1.31 bits per heavy atom. The molecule has 0 unspecified atom stereocenters. The second-order valence-corrected chi connectivity index (χ2v) is 8.97. The van der Waals surface area contributed by atoms with Gasteiger partial charge in [-0.3, -0.25) is 4.79 Å². The third kappa shape index (κ3) is 3.56. The number of carbonyl (C=O) groups excluding carboxylic acids is 2. The standard InChI is InChI=1S/C20H25NO4S/c1-11-6-9-14(25-11)17(22)21-18-16(19(23)24-5)13-8-7-12(20(2,3)4)10-15(13)26-18/h6,9,12H,7-8,10H2,1-5H3,(H,21,22)/t12-/m0/s1. The fourth-order valence-corrected chi connectivity index (χ4v) is 4.76. The number of nitrogens with one attached hydrogen (secondary N) is 1. The van der Waals surface area contributed by atoms with Gasteiger partial charge in [-0.15, -0.1) is 11.3 Å². The summed E-state index contributed by atoms with van der Waals surface area (Å²) < 4.78 is 10.4. The Balaban J connectivity index is 1.94. The molecular formula is C20H25NO4S. The van der Waals surface area contributed by atoms with Gasteiger partial charge in [0.1, 0.15) is 10.8 Å². The van der Waals surface area contributed by atoms with Gasteiger partial charge in [0, 0.05) is 4.88 Å². The minimum Gasteiger partial charge on any atom is -0.465 e. The summed E-state index contributed by atoms with van der Waals surface area (Å²) in [5, 5.41) is 3.40. The third-order valence-electron chi connectivity index (χ3n) is 5.07. The average molecular weight is 375 g/mol. The van der Waals surface area contributed by atoms with Crippen molar-refractivity contribution in [2.75, 3.05) is 12.4 Å². The molecule has 0 saturated heterocycles. The van der Waals surface area contributed by atoms with Crippen molar-refractivity contribution >= 4 is 28.2 Å². The van der Waals surface area contributed by atoms with Crippen LogP contribution in [0.4, 0.5) is 5.00 Å². The summed E-state index contributed by atoms with van der Waals surface area (Å²) in [6.45, 7) is 8.53. The molecule has 26 heavy (non-hydrogen) atoms. The molecule has 1 aliphatic rings. The topological polar surface area (TPSA) is 68.5 Å². The van der Waals surface area contributed by atoms with E-state index in [1.807, 2.05) is 0 Å². The number of hydrogen-bond acceptors (Lipinski definition) is 5. The van der Waals surface area contributed by atoms with Gasteiger partial charge in [-0.05, 0) is 55.2 Å². The molecule has 1 atom stereocenters. The Labute approximate surface area is 157 Å². The highest BCUT2D eigenvalue weighted by molar-refractivity contribution is 7.17. The first-order valence-corrected chi connectivity index (χ1v) is 9.63. The number of ether oxygens (including phenoxy) is 1. The predicted octanol–water partition coefficient (Wildman–Crippen LogP) is 4.84. The zero-order chi connectivity index (χ0) is 19.1. The molecule has 2 aromatic heterocycles. The lowest BCUT2D eigenvalue weighted by molar-refractivity contribution is 0.0600. The number of amides is 1. The highest BCUT2D eigenvalue weighted by Gasteiger charge is 2.34. The van der Waals surface area contributed by atoms with Crippen molar-refractivity contribution in [3.8, 4) is 0 Å². The van der Waals surface area contributed by atoms with Crippen LogP contribution in [0.5, 0.6) is 0 Å². The molecule has 3 rings (SSSR count). The van der Waals surface area contributed by atoms with Crippen LogP contribution in [0.1, 0.15) is 64.3 Å². The zero-order valence-corrected chi connectivity index (χ0v) is 16.7. The van der Waals surface area contributed by atoms with Crippen molar-refractivity contribution in [1.82, 2.24) is 0 Å². The molecule has 0 aliphatic heterocycles. The van der Waals surface area contributed by atoms with Crippen LogP contribution in [-0.2, 0) is 17.6 Å². The van der Waals surface area contributed by atoms with Gasteiger partial charge in [0.2, 0.25) is 0 Å². The van der Waals surface area contributed by atoms with E-state index in [0.29, 0.717) is 22.2 Å². The van der Waals surface area contributed by atoms with Gasteiger partial charge in [0.05, 0.1) is 12.7 Å². The number of esters is 1. The van der Waals surface area contributed by atoms with Crippen molar-refractivity contribution in [3.63, 3.8) is 0 Å². The summed E-state index contributed by atoms with van der Waals surface area (Å²) in [7, 11) is 1.37. The predicted molar refractivity (Wildman–Crippen MR) is 102 cm³/mol. The second-order valence-electron chi connectivity index (χ2n) is 7.87. The second kappa shape index (κ2) is 6.91. The van der Waals surface area contributed by atoms with Crippen LogP contribution in [0.3, 0.4) is 0 Å². The molecule has 0 saturated carbocycles. The largest absolute Gasteiger partial charge is 0.465 e. The molecule has 1 N–H and O–H groups in total. The first-order chi connectivity index (χ1) is 12.2. The molecule has 5 nitrogen and oxygen atoms in total. The van der Waals surface area contributed by atoms with Gasteiger partial charge in [0.15, 0.2) is 5.76 Å². The minimum absolute atomic E-state index is 0.211. The number of hydrogen-bond donors (Lipinski definition) is 1. The van der Waals surface area contributed by atoms with E-state index in [1.165, 1.54) is 23.3 Å². The van der Waals surface area contributed by atoms with E-state index in [-0.39, 0.29) is 17.1 Å². The number of aryl methyl sites for hydroxylation is 1. The lowest BCUT2D eigenvalue weighted by Crippen LogP contribution is -2.26. The summed E-state index contributed by atoms with van der Waals surface area (Å²) in [4.78, 5) is 26.0. The van der Waals surface area contributed by atoms with E-state index in [4.69, 9.17) is 9.15 Å². The highest BCUT2D eigenvalue weighted by atomic mass is 32.1. The molecule has 2 aromatic rings. The van der Waals surface area contributed by atoms with E-state index in [2.05, 4.69) is 26.1 Å². The Hall–Kier alpha value is -2.08. The molecule has 1 amide bonds. The fourth-order valence-electron chi connectivity index (χ4n) is 3.45. The van der Waals surface area contributed by atoms with Crippen LogP contribution in [0.15, 0.2) is 16.5 Å². The molecule has 0 radical (unpaired) electrons. The van der Waals surface area contributed by atoms with Crippen LogP contribution >= 0.6 is 11.3 Å². The molecule has 0 fully saturated rings. The van der Waals surface area contributed by atoms with Crippen molar-refractivity contribution < 1.29 is 18.7 Å². The average Bonchev–Trinajstić information content (AvgIpc) is 3.16. The van der Waals surface area contributed by atoms with E-state index in [0.717, 1.165) is 24.8 Å². The van der Waals surface area contributed by atoms with Gasteiger partial charge in [-0.1, -0.05) is 20.8 Å². The van der Waals surface area contributed by atoms with Crippen LogP contribution in [0, 0.1) is 18.3 Å². The van der Waals surface area contributed by atoms with E-state index in [9.17, 15) is 9.59 Å². The van der Waals surface area contributed by atoms with Crippen molar-refractivity contribution in [1.29, 1.82) is 0 Å². The summed E-state index contributed by atoms with van der Waals surface area (Å²) in [6, 6.07) is 3.37. The monoisotopic (exact) mass is 375 g/mol. The molecule has 140 valence electrons. The normalized spacial score (nSPS) is 16.9. The number of carbonyl (C=O) groups is 2. The van der Waals surface area contributed by atoms with Gasteiger partial charge in [0.25, 0.3) is 5.91 Å². The molecule has 0 aromatic carbocycles. The maximum Gasteiger partial charge on any atom is 0.341 e. The van der Waals surface area contributed by atoms with Crippen LogP contribution in [0.25, 0.3) is 0 Å². The maximum atomic E-state index is 12.5. The number of thiophene rings is 1. The van der Waals surface area contributed by atoms with Crippen molar-refractivity contribution in [3.05, 3.63) is 39.7 Å². The summed E-state index contributed by atoms with van der Waals surface area (Å²) in [5.74, 6) is 0.700. The van der Waals surface area contributed by atoms with Crippen LogP contribution in [0.2, 0.25) is 0 Å². The zero-order valence-electron chi connectivity index (χ0n) is 15.9. The van der Waals surface area contributed by atoms with Gasteiger partial charge >= 0.3 is 5.97 Å². The lowest BCUT2D eigenvalue weighted by Gasteiger charge is -2.33. The quantitative estimate of drug-likeness (QED) is 0.780. The van der Waals surface area contributed by atoms with E-state index >= 15 is 0 Å². The first kappa shape index (κ1) is 18.7. The number of anilines is 1. The van der Waals surface area contributed by atoms with Gasteiger partial charge in [-0.2, -0.15) is 0 Å². The fraction of sp³-hybridized carbons (Fsp3) is 0.500. The van der Waals surface area contributed by atoms with E-state index in [1.54, 1.807) is 19.1 Å². The lowest BCUT2D eigenvalue weighted by atomic mass is 9.72. The van der Waals surface area contributed by atoms with Crippen LogP contribution < -0.4 is 5.32 Å². The van der Waals surface area contributed by atoms with Crippen molar-refractivity contribution in [2.45, 2.75) is 47.0 Å². The minimum atomic E-state index is -0.400. The Morgan fingerprint density at radius 3 is 2.62 bits per heavy atom. The summed E-state index contributed by atoms with van der Waals surface area (Å²) in [6.07, 6.45) is 2.78. The molecule has 0 bridgehead atoms. The van der Waals surface area contributed by atoms with Crippen LogP contribution in [-0.4, -0.2) is 19.0 Å². The SMILES string of the molecule is COC(=O)c1c(NC(=O)c2ccc(C)o2)sc2c1CC[C@H](C(C)(C)C)C2. The smallest absolute Gasteiger partial charge is 0.341 e. The number of furan rings is 1. The highest BCUT2D eigenvalue weighted by Crippen LogP contribution is 2.44. The van der Waals surface area contributed by atoms with Gasteiger partial charge < -0.3 is 14.5 Å². The Bertz CT molecular complexity index is 841. The van der Waals surface area contributed by atoms with Crippen molar-refractivity contribution in [2.24, 2.45) is 11.3 Å². The Kier molecular flexibility index (Phi) is 4.97. The molecule has 1 aliphatic carbocycles. The third-order valence-corrected chi connectivity index (χ3v) is 6.24. The first-order valence-electron chi connectivity index (χ1n) is 8.81. The number of rotatable bonds is 3. The van der Waals surface area contributed by atoms with E-state index < -0.39 is 5.97 Å². The molecule has 0 spiro atoms. The Morgan fingerprint density at radius 2 is 2.04 bits per heavy atom. The number of fused-ring (bicyclic) bond motifs is 1. The summed E-state index contributed by atoms with van der Waals surface area (Å²) in [5.41, 5.74) is 1.73. The van der Waals surface area contributed by atoms with Gasteiger partial charge in [-0.25, -0.2) is 4.79 Å². The summed E-state index contributed by atoms with van der Waals surface area (Å²) >= 11 is 1.48. The molecule has 6 heteroatoms.